The Hall–Kier alpha value is -0.290. The Labute approximate surface area is 106 Å². The fourth-order valence-electron chi connectivity index (χ4n) is 1.96. The molecule has 0 radical (unpaired) electrons. The standard InChI is InChI=1S/C11H18ClN3S/c1-15-7-6-13-8-9(15)4-5-14-11-3-2-10(12)16-11/h2-3,9,13-14H,4-8H2,1H3. The van der Waals surface area contributed by atoms with Gasteiger partial charge in [0.05, 0.1) is 9.34 Å². The molecule has 1 saturated heterocycles. The average Bonchev–Trinajstić information content (AvgIpc) is 2.67. The maximum absolute atomic E-state index is 5.87. The molecule has 3 nitrogen and oxygen atoms in total. The second-order valence-corrected chi connectivity index (χ2v) is 5.87. The van der Waals surface area contributed by atoms with E-state index >= 15 is 0 Å². The van der Waals surface area contributed by atoms with E-state index in [0.29, 0.717) is 6.04 Å². The lowest BCUT2D eigenvalue weighted by atomic mass is 10.1. The van der Waals surface area contributed by atoms with Crippen molar-refractivity contribution in [1.29, 1.82) is 0 Å². The van der Waals surface area contributed by atoms with Crippen LogP contribution in [0.2, 0.25) is 4.34 Å². The zero-order valence-electron chi connectivity index (χ0n) is 9.50. The number of likely N-dealkylation sites (N-methyl/N-ethyl adjacent to an activating group) is 1. The normalized spacial score (nSPS) is 22.2. The van der Waals surface area contributed by atoms with Gasteiger partial charge in [-0.25, -0.2) is 0 Å². The van der Waals surface area contributed by atoms with Gasteiger partial charge in [0.25, 0.3) is 0 Å². The third kappa shape index (κ3) is 3.35. The Bertz CT molecular complexity index is 329. The zero-order valence-corrected chi connectivity index (χ0v) is 11.1. The highest BCUT2D eigenvalue weighted by Crippen LogP contribution is 2.25. The minimum absolute atomic E-state index is 0.650. The van der Waals surface area contributed by atoms with Crippen LogP contribution in [0, 0.1) is 0 Å². The van der Waals surface area contributed by atoms with Gasteiger partial charge in [0.2, 0.25) is 0 Å². The molecule has 1 unspecified atom stereocenters. The number of anilines is 1. The largest absolute Gasteiger partial charge is 0.377 e. The molecule has 16 heavy (non-hydrogen) atoms. The van der Waals surface area contributed by atoms with Crippen LogP contribution in [-0.4, -0.2) is 44.2 Å². The fourth-order valence-corrected chi connectivity index (χ4v) is 2.93. The summed E-state index contributed by atoms with van der Waals surface area (Å²) in [6, 6.07) is 4.62. The Balaban J connectivity index is 1.71. The molecule has 0 bridgehead atoms. The van der Waals surface area contributed by atoms with Crippen molar-refractivity contribution in [3.8, 4) is 0 Å². The molecule has 0 aromatic carbocycles. The Morgan fingerprint density at radius 3 is 3.19 bits per heavy atom. The molecular weight excluding hydrogens is 242 g/mol. The highest BCUT2D eigenvalue weighted by Gasteiger charge is 2.17. The molecule has 5 heteroatoms. The van der Waals surface area contributed by atoms with Gasteiger partial charge in [0, 0.05) is 32.2 Å². The quantitative estimate of drug-likeness (QED) is 0.867. The first-order valence-corrected chi connectivity index (χ1v) is 6.85. The molecule has 0 aliphatic carbocycles. The van der Waals surface area contributed by atoms with E-state index in [2.05, 4.69) is 22.6 Å². The van der Waals surface area contributed by atoms with Gasteiger partial charge in [-0.1, -0.05) is 11.6 Å². The summed E-state index contributed by atoms with van der Waals surface area (Å²) in [6.07, 6.45) is 1.17. The third-order valence-corrected chi connectivity index (χ3v) is 4.18. The summed E-state index contributed by atoms with van der Waals surface area (Å²) in [5.74, 6) is 0. The van der Waals surface area contributed by atoms with Crippen LogP contribution in [0.1, 0.15) is 6.42 Å². The molecule has 2 heterocycles. The minimum Gasteiger partial charge on any atom is -0.377 e. The van der Waals surface area contributed by atoms with E-state index < -0.39 is 0 Å². The topological polar surface area (TPSA) is 27.3 Å². The summed E-state index contributed by atoms with van der Waals surface area (Å²) >= 11 is 7.47. The van der Waals surface area contributed by atoms with E-state index in [4.69, 9.17) is 11.6 Å². The number of nitrogens with one attached hydrogen (secondary N) is 2. The molecule has 0 spiro atoms. The predicted molar refractivity (Wildman–Crippen MR) is 71.7 cm³/mol. The molecule has 2 N–H and O–H groups in total. The van der Waals surface area contributed by atoms with E-state index in [1.165, 1.54) is 6.42 Å². The van der Waals surface area contributed by atoms with Crippen molar-refractivity contribution in [2.24, 2.45) is 0 Å². The molecule has 1 aromatic heterocycles. The zero-order chi connectivity index (χ0) is 11.4. The number of rotatable bonds is 4. The molecule has 1 aliphatic heterocycles. The molecule has 0 saturated carbocycles. The second-order valence-electron chi connectivity index (χ2n) is 4.16. The lowest BCUT2D eigenvalue weighted by Crippen LogP contribution is -2.49. The summed E-state index contributed by atoms with van der Waals surface area (Å²) in [5.41, 5.74) is 0. The van der Waals surface area contributed by atoms with Crippen LogP contribution in [0.25, 0.3) is 0 Å². The summed E-state index contributed by atoms with van der Waals surface area (Å²) in [6.45, 7) is 4.37. The highest BCUT2D eigenvalue weighted by molar-refractivity contribution is 7.19. The Morgan fingerprint density at radius 2 is 2.50 bits per heavy atom. The summed E-state index contributed by atoms with van der Waals surface area (Å²) in [5, 5.41) is 8.01. The minimum atomic E-state index is 0.650. The van der Waals surface area contributed by atoms with E-state index in [1.54, 1.807) is 11.3 Å². The first-order valence-electron chi connectivity index (χ1n) is 5.66. The summed E-state index contributed by atoms with van der Waals surface area (Å²) in [7, 11) is 2.20. The van der Waals surface area contributed by atoms with Gasteiger partial charge < -0.3 is 15.5 Å². The van der Waals surface area contributed by atoms with E-state index in [0.717, 1.165) is 35.5 Å². The van der Waals surface area contributed by atoms with Gasteiger partial charge in [-0.15, -0.1) is 11.3 Å². The molecule has 1 aromatic rings. The fraction of sp³-hybridized carbons (Fsp3) is 0.636. The van der Waals surface area contributed by atoms with Crippen LogP contribution in [0.15, 0.2) is 12.1 Å². The van der Waals surface area contributed by atoms with E-state index in [1.807, 2.05) is 12.1 Å². The van der Waals surface area contributed by atoms with Crippen LogP contribution >= 0.6 is 22.9 Å². The number of hydrogen-bond donors (Lipinski definition) is 2. The van der Waals surface area contributed by atoms with Crippen molar-refractivity contribution < 1.29 is 0 Å². The van der Waals surface area contributed by atoms with E-state index in [9.17, 15) is 0 Å². The number of piperazine rings is 1. The Kier molecular flexibility index (Phi) is 4.46. The monoisotopic (exact) mass is 259 g/mol. The third-order valence-electron chi connectivity index (χ3n) is 2.99. The molecule has 2 rings (SSSR count). The molecule has 1 aliphatic rings. The Morgan fingerprint density at radius 1 is 1.62 bits per heavy atom. The van der Waals surface area contributed by atoms with Crippen LogP contribution < -0.4 is 10.6 Å². The number of hydrogen-bond acceptors (Lipinski definition) is 4. The number of thiophene rings is 1. The lowest BCUT2D eigenvalue weighted by Gasteiger charge is -2.33. The van der Waals surface area contributed by atoms with Crippen LogP contribution in [-0.2, 0) is 0 Å². The van der Waals surface area contributed by atoms with Crippen molar-refractivity contribution in [1.82, 2.24) is 10.2 Å². The SMILES string of the molecule is CN1CCNCC1CCNc1ccc(Cl)s1. The molecular formula is C11H18ClN3S. The maximum Gasteiger partial charge on any atom is 0.0950 e. The maximum atomic E-state index is 5.87. The predicted octanol–water partition coefficient (Wildman–Crippen LogP) is 2.11. The van der Waals surface area contributed by atoms with Crippen molar-refractivity contribution >= 4 is 27.9 Å². The van der Waals surface area contributed by atoms with Gasteiger partial charge in [0.15, 0.2) is 0 Å². The van der Waals surface area contributed by atoms with Crippen molar-refractivity contribution in [2.45, 2.75) is 12.5 Å². The first kappa shape index (κ1) is 12.2. The highest BCUT2D eigenvalue weighted by atomic mass is 35.5. The average molecular weight is 260 g/mol. The van der Waals surface area contributed by atoms with E-state index in [-0.39, 0.29) is 0 Å². The number of halogens is 1. The van der Waals surface area contributed by atoms with Crippen molar-refractivity contribution in [3.63, 3.8) is 0 Å². The molecule has 1 fully saturated rings. The number of nitrogens with zero attached hydrogens (tertiary/aromatic N) is 1. The van der Waals surface area contributed by atoms with Crippen molar-refractivity contribution in [2.75, 3.05) is 38.5 Å². The van der Waals surface area contributed by atoms with Gasteiger partial charge in [-0.05, 0) is 25.6 Å². The second kappa shape index (κ2) is 5.87. The molecule has 0 amide bonds. The summed E-state index contributed by atoms with van der Waals surface area (Å²) in [4.78, 5) is 2.43. The molecule has 90 valence electrons. The van der Waals surface area contributed by atoms with Gasteiger partial charge in [-0.2, -0.15) is 0 Å². The lowest BCUT2D eigenvalue weighted by molar-refractivity contribution is 0.194. The van der Waals surface area contributed by atoms with Gasteiger partial charge in [0.1, 0.15) is 0 Å². The van der Waals surface area contributed by atoms with Crippen LogP contribution in [0.3, 0.4) is 0 Å². The smallest absolute Gasteiger partial charge is 0.0950 e. The first-order chi connectivity index (χ1) is 7.75. The van der Waals surface area contributed by atoms with Crippen LogP contribution in [0.4, 0.5) is 5.00 Å². The van der Waals surface area contributed by atoms with Gasteiger partial charge in [-0.3, -0.25) is 0 Å². The molecule has 1 atom stereocenters. The van der Waals surface area contributed by atoms with Crippen molar-refractivity contribution in [3.05, 3.63) is 16.5 Å². The summed E-state index contributed by atoms with van der Waals surface area (Å²) < 4.78 is 0.846. The van der Waals surface area contributed by atoms with Crippen LogP contribution in [0.5, 0.6) is 0 Å². The van der Waals surface area contributed by atoms with Gasteiger partial charge >= 0.3 is 0 Å².